The zero-order valence-corrected chi connectivity index (χ0v) is 12.1. The molecular formula is C16H11ClFN3O. The molecule has 0 aliphatic heterocycles. The molecular weight excluding hydrogens is 305 g/mol. The predicted octanol–water partition coefficient (Wildman–Crippen LogP) is 3.48. The van der Waals surface area contributed by atoms with Gasteiger partial charge in [0.2, 0.25) is 0 Å². The Kier molecular flexibility index (Phi) is 3.65. The van der Waals surface area contributed by atoms with Crippen molar-refractivity contribution in [2.45, 2.75) is 0 Å². The van der Waals surface area contributed by atoms with E-state index < -0.39 is 0 Å². The Hall–Kier alpha value is -2.66. The van der Waals surface area contributed by atoms with E-state index >= 15 is 0 Å². The number of hydrogen-bond acceptors (Lipinski definition) is 3. The summed E-state index contributed by atoms with van der Waals surface area (Å²) in [4.78, 5) is 12.5. The van der Waals surface area contributed by atoms with Gasteiger partial charge in [0.05, 0.1) is 22.5 Å². The third-order valence-corrected chi connectivity index (χ3v) is 3.57. The largest absolute Gasteiger partial charge is 0.383 e. The van der Waals surface area contributed by atoms with Gasteiger partial charge < -0.3 is 5.73 Å². The van der Waals surface area contributed by atoms with Crippen molar-refractivity contribution in [1.82, 2.24) is 9.78 Å². The molecule has 3 rings (SSSR count). The second-order valence-corrected chi connectivity index (χ2v) is 5.05. The minimum absolute atomic E-state index is 0.177. The van der Waals surface area contributed by atoms with Crippen LogP contribution >= 0.6 is 11.6 Å². The number of carbonyl (C=O) groups is 1. The number of ketones is 1. The van der Waals surface area contributed by atoms with Gasteiger partial charge in [-0.2, -0.15) is 5.10 Å². The molecule has 0 aliphatic carbocycles. The Morgan fingerprint density at radius 1 is 1.09 bits per heavy atom. The fraction of sp³-hybridized carbons (Fsp3) is 0. The molecule has 0 aliphatic rings. The quantitative estimate of drug-likeness (QED) is 0.753. The van der Waals surface area contributed by atoms with Gasteiger partial charge in [-0.05, 0) is 36.4 Å². The molecule has 0 amide bonds. The van der Waals surface area contributed by atoms with Crippen molar-refractivity contribution in [2.75, 3.05) is 5.73 Å². The number of nitrogens with zero attached hydrogens (tertiary/aromatic N) is 2. The predicted molar refractivity (Wildman–Crippen MR) is 82.8 cm³/mol. The van der Waals surface area contributed by atoms with Crippen LogP contribution in [0.1, 0.15) is 15.9 Å². The van der Waals surface area contributed by atoms with Crippen molar-refractivity contribution in [3.63, 3.8) is 0 Å². The van der Waals surface area contributed by atoms with Crippen molar-refractivity contribution >= 4 is 23.2 Å². The van der Waals surface area contributed by atoms with Gasteiger partial charge in [0, 0.05) is 5.56 Å². The maximum Gasteiger partial charge on any atom is 0.199 e. The van der Waals surface area contributed by atoms with Crippen LogP contribution in [-0.2, 0) is 0 Å². The Morgan fingerprint density at radius 3 is 2.45 bits per heavy atom. The van der Waals surface area contributed by atoms with Crippen molar-refractivity contribution in [1.29, 1.82) is 0 Å². The molecule has 2 N–H and O–H groups in total. The SMILES string of the molecule is Nc1c(C(=O)c2ccccc2Cl)cnn1-c1ccc(F)cc1. The number of halogens is 2. The van der Waals surface area contributed by atoms with Crippen LogP contribution in [0.15, 0.2) is 54.7 Å². The third-order valence-electron chi connectivity index (χ3n) is 3.24. The summed E-state index contributed by atoms with van der Waals surface area (Å²) in [6.45, 7) is 0. The van der Waals surface area contributed by atoms with E-state index in [0.29, 0.717) is 16.3 Å². The van der Waals surface area contributed by atoms with E-state index in [1.54, 1.807) is 24.3 Å². The normalized spacial score (nSPS) is 10.6. The molecule has 0 saturated carbocycles. The molecule has 0 unspecified atom stereocenters. The van der Waals surface area contributed by atoms with Gasteiger partial charge in [0.25, 0.3) is 0 Å². The van der Waals surface area contributed by atoms with Crippen molar-refractivity contribution in [3.05, 3.63) is 76.7 Å². The first-order valence-corrected chi connectivity index (χ1v) is 6.84. The van der Waals surface area contributed by atoms with E-state index in [9.17, 15) is 9.18 Å². The maximum atomic E-state index is 13.0. The van der Waals surface area contributed by atoms with E-state index in [2.05, 4.69) is 5.10 Å². The second kappa shape index (κ2) is 5.61. The van der Waals surface area contributed by atoms with Gasteiger partial charge >= 0.3 is 0 Å². The molecule has 3 aromatic rings. The molecule has 22 heavy (non-hydrogen) atoms. The van der Waals surface area contributed by atoms with Gasteiger partial charge in [-0.15, -0.1) is 0 Å². The van der Waals surface area contributed by atoms with Crippen LogP contribution in [0.2, 0.25) is 5.02 Å². The topological polar surface area (TPSA) is 60.9 Å². The van der Waals surface area contributed by atoms with Crippen molar-refractivity contribution in [3.8, 4) is 5.69 Å². The van der Waals surface area contributed by atoms with E-state index in [-0.39, 0.29) is 23.0 Å². The lowest BCUT2D eigenvalue weighted by atomic mass is 10.1. The molecule has 6 heteroatoms. The zero-order valence-electron chi connectivity index (χ0n) is 11.3. The van der Waals surface area contributed by atoms with Gasteiger partial charge in [0.15, 0.2) is 5.78 Å². The first-order chi connectivity index (χ1) is 10.6. The molecule has 1 aromatic heterocycles. The third kappa shape index (κ3) is 2.46. The number of anilines is 1. The lowest BCUT2D eigenvalue weighted by Crippen LogP contribution is -2.07. The number of aromatic nitrogens is 2. The number of nitrogens with two attached hydrogens (primary N) is 1. The summed E-state index contributed by atoms with van der Waals surface area (Å²) >= 11 is 6.03. The van der Waals surface area contributed by atoms with Gasteiger partial charge in [-0.25, -0.2) is 9.07 Å². The number of carbonyl (C=O) groups excluding carboxylic acids is 1. The Bertz CT molecular complexity index is 843. The number of hydrogen-bond donors (Lipinski definition) is 1. The van der Waals surface area contributed by atoms with Crippen LogP contribution in [0.3, 0.4) is 0 Å². The van der Waals surface area contributed by atoms with E-state index in [1.807, 2.05) is 0 Å². The van der Waals surface area contributed by atoms with Crippen LogP contribution < -0.4 is 5.73 Å². The molecule has 0 bridgehead atoms. The molecule has 2 aromatic carbocycles. The second-order valence-electron chi connectivity index (χ2n) is 4.64. The molecule has 0 fully saturated rings. The van der Waals surface area contributed by atoms with Crippen molar-refractivity contribution in [2.24, 2.45) is 0 Å². The van der Waals surface area contributed by atoms with E-state index in [0.717, 1.165) is 0 Å². The van der Waals surface area contributed by atoms with Crippen LogP contribution in [0, 0.1) is 5.82 Å². The summed E-state index contributed by atoms with van der Waals surface area (Å²) in [6, 6.07) is 12.4. The number of benzene rings is 2. The monoisotopic (exact) mass is 315 g/mol. The Morgan fingerprint density at radius 2 is 1.77 bits per heavy atom. The first kappa shape index (κ1) is 14.3. The number of nitrogen functional groups attached to an aromatic ring is 1. The highest BCUT2D eigenvalue weighted by Gasteiger charge is 2.19. The van der Waals surface area contributed by atoms with Crippen LogP contribution in [0.4, 0.5) is 10.2 Å². The molecule has 1 heterocycles. The molecule has 0 radical (unpaired) electrons. The number of rotatable bonds is 3. The summed E-state index contributed by atoms with van der Waals surface area (Å²) in [5, 5.41) is 4.45. The minimum atomic E-state index is -0.359. The maximum absolute atomic E-state index is 13.0. The Labute approximate surface area is 130 Å². The van der Waals surface area contributed by atoms with Crippen molar-refractivity contribution < 1.29 is 9.18 Å². The highest BCUT2D eigenvalue weighted by molar-refractivity contribution is 6.35. The molecule has 0 saturated heterocycles. The van der Waals surface area contributed by atoms with E-state index in [1.165, 1.54) is 35.1 Å². The molecule has 0 spiro atoms. The van der Waals surface area contributed by atoms with Gasteiger partial charge in [0.1, 0.15) is 11.6 Å². The fourth-order valence-electron chi connectivity index (χ4n) is 2.11. The summed E-state index contributed by atoms with van der Waals surface area (Å²) in [5.74, 6) is -0.491. The van der Waals surface area contributed by atoms with Crippen LogP contribution in [0.5, 0.6) is 0 Å². The smallest absolute Gasteiger partial charge is 0.199 e. The summed E-state index contributed by atoms with van der Waals surface area (Å²) < 4.78 is 14.4. The lowest BCUT2D eigenvalue weighted by molar-refractivity contribution is 0.103. The summed E-state index contributed by atoms with van der Waals surface area (Å²) in [6.07, 6.45) is 1.38. The lowest BCUT2D eigenvalue weighted by Gasteiger charge is -2.05. The zero-order chi connectivity index (χ0) is 15.7. The van der Waals surface area contributed by atoms with Crippen LogP contribution in [-0.4, -0.2) is 15.6 Å². The minimum Gasteiger partial charge on any atom is -0.383 e. The Balaban J connectivity index is 2.02. The molecule has 4 nitrogen and oxygen atoms in total. The van der Waals surface area contributed by atoms with Crippen LogP contribution in [0.25, 0.3) is 5.69 Å². The highest BCUT2D eigenvalue weighted by atomic mass is 35.5. The summed E-state index contributed by atoms with van der Waals surface area (Å²) in [5.41, 5.74) is 7.17. The fourth-order valence-corrected chi connectivity index (χ4v) is 2.33. The molecule has 0 atom stereocenters. The average Bonchev–Trinajstić information content (AvgIpc) is 2.90. The van der Waals surface area contributed by atoms with Gasteiger partial charge in [-0.3, -0.25) is 4.79 Å². The standard InChI is InChI=1S/C16H11ClFN3O/c17-14-4-2-1-3-12(14)15(22)13-9-20-21(16(13)19)11-7-5-10(18)6-8-11/h1-9H,19H2. The highest BCUT2D eigenvalue weighted by Crippen LogP contribution is 2.24. The first-order valence-electron chi connectivity index (χ1n) is 6.46. The average molecular weight is 316 g/mol. The molecule has 110 valence electrons. The van der Waals surface area contributed by atoms with E-state index in [4.69, 9.17) is 17.3 Å². The summed E-state index contributed by atoms with van der Waals surface area (Å²) in [7, 11) is 0. The van der Waals surface area contributed by atoms with Gasteiger partial charge in [-0.1, -0.05) is 23.7 Å².